The highest BCUT2D eigenvalue weighted by atomic mass is 127. The Morgan fingerprint density at radius 1 is 1.56 bits per heavy atom. The molecule has 0 amide bonds. The smallest absolute Gasteiger partial charge is 0.0712 e. The Balaban J connectivity index is 2.60. The maximum absolute atomic E-state index is 2.41. The molecular weight excluding hydrogens is 225 g/mol. The van der Waals surface area contributed by atoms with E-state index in [0.717, 1.165) is 0 Å². The monoisotopic (exact) mass is 231 g/mol. The molecule has 2 heterocycles. The van der Waals surface area contributed by atoms with E-state index >= 15 is 0 Å². The number of nitrogens with zero attached hydrogens (tertiary/aromatic N) is 1. The topological polar surface area (TPSA) is 4.93 Å². The summed E-state index contributed by atoms with van der Waals surface area (Å²) in [5.41, 5.74) is 1.38. The predicted molar refractivity (Wildman–Crippen MR) is 46.5 cm³/mol. The minimum atomic E-state index is 0.581. The van der Waals surface area contributed by atoms with Gasteiger partial charge in [0.05, 0.1) is 3.92 Å². The number of hydrogen-bond donors (Lipinski definition) is 0. The lowest BCUT2D eigenvalue weighted by molar-refractivity contribution is 1.09. The molecule has 0 bridgehead atoms. The first-order valence-electron chi connectivity index (χ1n) is 2.87. The molecule has 46 valence electrons. The van der Waals surface area contributed by atoms with Crippen LogP contribution >= 0.6 is 22.6 Å². The van der Waals surface area contributed by atoms with Crippen molar-refractivity contribution in [2.75, 3.05) is 0 Å². The largest absolute Gasteiger partial charge is 0.326 e. The Kier molecular flexibility index (Phi) is 1.15. The van der Waals surface area contributed by atoms with Crippen molar-refractivity contribution in [3.8, 4) is 0 Å². The lowest BCUT2D eigenvalue weighted by Gasteiger charge is -1.95. The average molecular weight is 231 g/mol. The molecule has 1 atom stereocenters. The summed E-state index contributed by atoms with van der Waals surface area (Å²) in [6, 6.07) is 4.22. The van der Waals surface area contributed by atoms with E-state index in [1.54, 1.807) is 0 Å². The summed E-state index contributed by atoms with van der Waals surface area (Å²) in [4.78, 5) is 0. The zero-order valence-electron chi connectivity index (χ0n) is 4.79. The van der Waals surface area contributed by atoms with Crippen molar-refractivity contribution in [2.24, 2.45) is 0 Å². The van der Waals surface area contributed by atoms with Gasteiger partial charge in [-0.2, -0.15) is 0 Å². The van der Waals surface area contributed by atoms with Crippen LogP contribution in [0.15, 0.2) is 24.4 Å². The van der Waals surface area contributed by atoms with E-state index in [4.69, 9.17) is 0 Å². The fourth-order valence-corrected chi connectivity index (χ4v) is 1.76. The maximum atomic E-state index is 2.41. The number of aromatic nitrogens is 1. The minimum Gasteiger partial charge on any atom is -0.326 e. The minimum absolute atomic E-state index is 0.581. The quantitative estimate of drug-likeness (QED) is 0.477. The molecule has 2 rings (SSSR count). The van der Waals surface area contributed by atoms with E-state index in [0.29, 0.717) is 3.92 Å². The molecule has 0 radical (unpaired) electrons. The standard InChI is InChI=1S/C7H6IN/c8-6-3-5-9-4-1-2-7(6)9/h1-6H. The predicted octanol–water partition coefficient (Wildman–Crippen LogP) is 2.45. The summed E-state index contributed by atoms with van der Waals surface area (Å²) >= 11 is 2.41. The highest BCUT2D eigenvalue weighted by Gasteiger charge is 2.11. The van der Waals surface area contributed by atoms with Crippen molar-refractivity contribution in [1.29, 1.82) is 0 Å². The van der Waals surface area contributed by atoms with Gasteiger partial charge in [-0.25, -0.2) is 0 Å². The molecule has 1 aliphatic rings. The first-order valence-corrected chi connectivity index (χ1v) is 4.11. The third-order valence-corrected chi connectivity index (χ3v) is 2.56. The molecule has 2 heteroatoms. The second kappa shape index (κ2) is 1.87. The lowest BCUT2D eigenvalue weighted by atomic mass is 10.3. The lowest BCUT2D eigenvalue weighted by Crippen LogP contribution is -1.84. The van der Waals surface area contributed by atoms with Gasteiger partial charge in [-0.3, -0.25) is 0 Å². The number of allylic oxidation sites excluding steroid dienone is 1. The van der Waals surface area contributed by atoms with Crippen LogP contribution in [0.25, 0.3) is 6.20 Å². The fraction of sp³-hybridized carbons (Fsp3) is 0.143. The molecule has 0 saturated heterocycles. The molecule has 9 heavy (non-hydrogen) atoms. The van der Waals surface area contributed by atoms with Gasteiger partial charge in [0.25, 0.3) is 0 Å². The number of rotatable bonds is 0. The Morgan fingerprint density at radius 2 is 2.44 bits per heavy atom. The molecule has 0 saturated carbocycles. The molecule has 0 aromatic carbocycles. The SMILES string of the molecule is IC1C=Cn2cccc21. The highest BCUT2D eigenvalue weighted by molar-refractivity contribution is 14.1. The molecular formula is C7H6IN. The summed E-state index contributed by atoms with van der Waals surface area (Å²) in [6.07, 6.45) is 6.37. The Morgan fingerprint density at radius 3 is 3.22 bits per heavy atom. The Hall–Kier alpha value is -0.250. The van der Waals surface area contributed by atoms with Crippen molar-refractivity contribution >= 4 is 28.8 Å². The summed E-state index contributed by atoms with van der Waals surface area (Å²) in [7, 11) is 0. The van der Waals surface area contributed by atoms with Crippen LogP contribution in [0.1, 0.15) is 9.62 Å². The van der Waals surface area contributed by atoms with E-state index in [-0.39, 0.29) is 0 Å². The average Bonchev–Trinajstić information content (AvgIpc) is 2.35. The van der Waals surface area contributed by atoms with Crippen LogP contribution in [0.2, 0.25) is 0 Å². The molecule has 0 spiro atoms. The summed E-state index contributed by atoms with van der Waals surface area (Å²) < 4.78 is 2.73. The van der Waals surface area contributed by atoms with Gasteiger partial charge in [0.15, 0.2) is 0 Å². The fourth-order valence-electron chi connectivity index (χ4n) is 1.04. The summed E-state index contributed by atoms with van der Waals surface area (Å²) in [5, 5.41) is 0. The third kappa shape index (κ3) is 0.729. The highest BCUT2D eigenvalue weighted by Crippen LogP contribution is 2.30. The molecule has 1 unspecified atom stereocenters. The van der Waals surface area contributed by atoms with Crippen LogP contribution < -0.4 is 0 Å². The second-order valence-corrected chi connectivity index (χ2v) is 3.43. The summed E-state index contributed by atoms with van der Waals surface area (Å²) in [5.74, 6) is 0. The number of hydrogen-bond acceptors (Lipinski definition) is 0. The van der Waals surface area contributed by atoms with E-state index in [1.165, 1.54) is 5.69 Å². The first kappa shape index (κ1) is 5.53. The van der Waals surface area contributed by atoms with E-state index in [2.05, 4.69) is 57.8 Å². The van der Waals surface area contributed by atoms with E-state index in [1.807, 2.05) is 0 Å². The van der Waals surface area contributed by atoms with Gasteiger partial charge in [-0.05, 0) is 18.2 Å². The van der Waals surface area contributed by atoms with Crippen LogP contribution in [0.4, 0.5) is 0 Å². The third-order valence-electron chi connectivity index (χ3n) is 1.51. The number of fused-ring (bicyclic) bond motifs is 1. The zero-order chi connectivity index (χ0) is 6.27. The Labute approximate surface area is 67.5 Å². The summed E-state index contributed by atoms with van der Waals surface area (Å²) in [6.45, 7) is 0. The zero-order valence-corrected chi connectivity index (χ0v) is 6.95. The van der Waals surface area contributed by atoms with Crippen molar-refractivity contribution in [1.82, 2.24) is 4.57 Å². The molecule has 0 N–H and O–H groups in total. The molecule has 1 aliphatic heterocycles. The van der Waals surface area contributed by atoms with Crippen molar-refractivity contribution in [2.45, 2.75) is 3.92 Å². The van der Waals surface area contributed by atoms with Crippen LogP contribution in [0.5, 0.6) is 0 Å². The van der Waals surface area contributed by atoms with Crippen molar-refractivity contribution < 1.29 is 0 Å². The van der Waals surface area contributed by atoms with Crippen LogP contribution in [-0.4, -0.2) is 4.57 Å². The molecule has 0 fully saturated rings. The second-order valence-electron chi connectivity index (χ2n) is 2.08. The molecule has 0 aliphatic carbocycles. The molecule has 1 aromatic heterocycles. The van der Waals surface area contributed by atoms with Crippen LogP contribution in [0, 0.1) is 0 Å². The molecule has 1 nitrogen and oxygen atoms in total. The molecule has 1 aromatic rings. The first-order chi connectivity index (χ1) is 4.38. The van der Waals surface area contributed by atoms with Gasteiger partial charge in [0.2, 0.25) is 0 Å². The maximum Gasteiger partial charge on any atom is 0.0712 e. The Bertz CT molecular complexity index is 249. The number of alkyl halides is 1. The van der Waals surface area contributed by atoms with Gasteiger partial charge < -0.3 is 4.57 Å². The van der Waals surface area contributed by atoms with E-state index < -0.39 is 0 Å². The van der Waals surface area contributed by atoms with E-state index in [9.17, 15) is 0 Å². The van der Waals surface area contributed by atoms with Gasteiger partial charge in [0, 0.05) is 18.1 Å². The van der Waals surface area contributed by atoms with Crippen LogP contribution in [-0.2, 0) is 0 Å². The van der Waals surface area contributed by atoms with Gasteiger partial charge >= 0.3 is 0 Å². The van der Waals surface area contributed by atoms with Gasteiger partial charge in [0.1, 0.15) is 0 Å². The van der Waals surface area contributed by atoms with Crippen molar-refractivity contribution in [3.05, 3.63) is 30.1 Å². The van der Waals surface area contributed by atoms with Gasteiger partial charge in [-0.1, -0.05) is 22.6 Å². The van der Waals surface area contributed by atoms with Crippen molar-refractivity contribution in [3.63, 3.8) is 0 Å². The number of halogens is 1. The normalized spacial score (nSPS) is 22.6. The van der Waals surface area contributed by atoms with Gasteiger partial charge in [-0.15, -0.1) is 0 Å². The van der Waals surface area contributed by atoms with Crippen LogP contribution in [0.3, 0.4) is 0 Å².